The van der Waals surface area contributed by atoms with Gasteiger partial charge in [-0.2, -0.15) is 13.2 Å². The van der Waals surface area contributed by atoms with Crippen molar-refractivity contribution in [2.45, 2.75) is 44.1 Å². The topological polar surface area (TPSA) is 116 Å². The van der Waals surface area contributed by atoms with Crippen LogP contribution in [0.2, 0.25) is 0 Å². The number of halogens is 3. The maximum Gasteiger partial charge on any atom is 0.416 e. The number of hydrogen-bond acceptors (Lipinski definition) is 4. The van der Waals surface area contributed by atoms with Crippen molar-refractivity contribution in [3.8, 4) is 0 Å². The summed E-state index contributed by atoms with van der Waals surface area (Å²) in [4.78, 5) is 52.4. The second-order valence-corrected chi connectivity index (χ2v) is 9.61. The lowest BCUT2D eigenvalue weighted by molar-refractivity contribution is -0.169. The molecule has 5 atom stereocenters. The van der Waals surface area contributed by atoms with E-state index in [1.807, 2.05) is 30.3 Å². The predicted octanol–water partition coefficient (Wildman–Crippen LogP) is 3.10. The van der Waals surface area contributed by atoms with E-state index in [1.54, 1.807) is 19.1 Å². The molecule has 8 nitrogen and oxygen atoms in total. The first-order valence-corrected chi connectivity index (χ1v) is 12.5. The number of allylic oxidation sites excluding steroid dienone is 1. The van der Waals surface area contributed by atoms with E-state index >= 15 is 0 Å². The molecule has 11 heteroatoms. The Morgan fingerprint density at radius 1 is 1.13 bits per heavy atom. The van der Waals surface area contributed by atoms with Gasteiger partial charge in [-0.15, -0.1) is 0 Å². The third-order valence-corrected chi connectivity index (χ3v) is 7.19. The Morgan fingerprint density at radius 3 is 2.49 bits per heavy atom. The van der Waals surface area contributed by atoms with E-state index in [-0.39, 0.29) is 23.9 Å². The number of nitrogens with one attached hydrogen (secondary N) is 2. The van der Waals surface area contributed by atoms with Gasteiger partial charge in [-0.25, -0.2) is 0 Å². The summed E-state index contributed by atoms with van der Waals surface area (Å²) in [7, 11) is 0. The Kier molecular flexibility index (Phi) is 8.08. The lowest BCUT2D eigenvalue weighted by Crippen LogP contribution is -2.69. The molecule has 0 radical (unpaired) electrons. The molecule has 3 amide bonds. The summed E-state index contributed by atoms with van der Waals surface area (Å²) in [5, 5.41) is 14.8. The van der Waals surface area contributed by atoms with E-state index < -0.39 is 59.9 Å². The van der Waals surface area contributed by atoms with Gasteiger partial charge in [0, 0.05) is 19.0 Å². The molecule has 1 unspecified atom stereocenters. The van der Waals surface area contributed by atoms with E-state index in [0.717, 1.165) is 22.6 Å². The standard InChI is InChI=1S/C28H28F3N3O5/c1-2-7-20-24(23-19(15-33-26(23)38)17-9-4-3-5-10-17)27(39)34(20)21(13-22(35)36)25(37)32-14-16-8-6-11-18(12-16)28(29,30)31/h2-12,19-21,23-24H,13-15H2,1H3,(H,32,37)(H,33,38)(H,35,36)/t19-,20-,21-,23?,24-/m1/s1. The summed E-state index contributed by atoms with van der Waals surface area (Å²) in [5.41, 5.74) is 0.165. The van der Waals surface area contributed by atoms with Crippen molar-refractivity contribution in [3.63, 3.8) is 0 Å². The maximum atomic E-state index is 13.5. The quantitative estimate of drug-likeness (QED) is 0.332. The van der Waals surface area contributed by atoms with Gasteiger partial charge in [0.05, 0.1) is 29.9 Å². The number of alkyl halides is 3. The van der Waals surface area contributed by atoms with Gasteiger partial charge in [0.15, 0.2) is 0 Å². The molecule has 0 spiro atoms. The molecule has 39 heavy (non-hydrogen) atoms. The molecule has 0 bridgehead atoms. The van der Waals surface area contributed by atoms with Gasteiger partial charge in [-0.3, -0.25) is 19.2 Å². The molecule has 2 heterocycles. The van der Waals surface area contributed by atoms with Crippen molar-refractivity contribution in [3.05, 3.63) is 83.4 Å². The van der Waals surface area contributed by atoms with Crippen molar-refractivity contribution >= 4 is 23.7 Å². The first-order chi connectivity index (χ1) is 18.5. The summed E-state index contributed by atoms with van der Waals surface area (Å²) in [5.74, 6) is -4.76. The largest absolute Gasteiger partial charge is 0.481 e. The van der Waals surface area contributed by atoms with Crippen molar-refractivity contribution < 1.29 is 37.5 Å². The maximum absolute atomic E-state index is 13.5. The highest BCUT2D eigenvalue weighted by Crippen LogP contribution is 2.44. The smallest absolute Gasteiger partial charge is 0.416 e. The number of likely N-dealkylation sites (tertiary alicyclic amines) is 1. The zero-order valence-electron chi connectivity index (χ0n) is 21.0. The van der Waals surface area contributed by atoms with Crippen LogP contribution in [0.25, 0.3) is 0 Å². The highest BCUT2D eigenvalue weighted by molar-refractivity contribution is 5.98. The SMILES string of the molecule is CC=C[C@@H]1[C@H](C2C(=O)NC[C@@H]2c2ccccc2)C(=O)N1[C@H](CC(=O)O)C(=O)NCc1cccc(C(F)(F)F)c1. The summed E-state index contributed by atoms with van der Waals surface area (Å²) < 4.78 is 39.2. The van der Waals surface area contributed by atoms with Crippen LogP contribution in [0, 0.1) is 11.8 Å². The number of nitrogens with zero attached hydrogens (tertiary/aromatic N) is 1. The van der Waals surface area contributed by atoms with Crippen LogP contribution in [0.15, 0.2) is 66.7 Å². The molecule has 206 valence electrons. The Bertz CT molecular complexity index is 1280. The average molecular weight is 544 g/mol. The number of carboxylic acid groups (broad SMARTS) is 1. The number of carbonyl (C=O) groups excluding carboxylic acids is 3. The minimum Gasteiger partial charge on any atom is -0.481 e. The fourth-order valence-corrected chi connectivity index (χ4v) is 5.42. The van der Waals surface area contributed by atoms with Gasteiger partial charge in [0.1, 0.15) is 6.04 Å². The summed E-state index contributed by atoms with van der Waals surface area (Å²) in [6.07, 6.45) is -1.94. The second kappa shape index (κ2) is 11.3. The first kappa shape index (κ1) is 27.9. The van der Waals surface area contributed by atoms with Gasteiger partial charge in [0.2, 0.25) is 17.7 Å². The van der Waals surface area contributed by atoms with Gasteiger partial charge in [-0.1, -0.05) is 54.6 Å². The lowest BCUT2D eigenvalue weighted by Gasteiger charge is -2.51. The van der Waals surface area contributed by atoms with Crippen LogP contribution in [0.1, 0.15) is 36.0 Å². The van der Waals surface area contributed by atoms with Gasteiger partial charge >= 0.3 is 12.1 Å². The van der Waals surface area contributed by atoms with Crippen molar-refractivity contribution in [2.24, 2.45) is 11.8 Å². The van der Waals surface area contributed by atoms with Crippen LogP contribution in [-0.4, -0.2) is 52.3 Å². The number of benzene rings is 2. The van der Waals surface area contributed by atoms with E-state index in [4.69, 9.17) is 0 Å². The monoisotopic (exact) mass is 543 g/mol. The summed E-state index contributed by atoms with van der Waals surface area (Å²) in [6, 6.07) is 11.5. The number of amides is 3. The minimum absolute atomic E-state index is 0.165. The van der Waals surface area contributed by atoms with Crippen molar-refractivity contribution in [1.29, 1.82) is 0 Å². The highest BCUT2D eigenvalue weighted by Gasteiger charge is 2.58. The first-order valence-electron chi connectivity index (χ1n) is 12.5. The molecule has 2 aliphatic heterocycles. The average Bonchev–Trinajstić information content (AvgIpc) is 3.27. The van der Waals surface area contributed by atoms with Crippen LogP contribution in [0.5, 0.6) is 0 Å². The number of aliphatic carboxylic acids is 1. The second-order valence-electron chi connectivity index (χ2n) is 9.61. The molecule has 2 saturated heterocycles. The van der Waals surface area contributed by atoms with E-state index in [0.29, 0.717) is 6.54 Å². The molecular formula is C28H28F3N3O5. The van der Waals surface area contributed by atoms with Crippen LogP contribution >= 0.6 is 0 Å². The molecule has 2 aromatic rings. The third kappa shape index (κ3) is 5.81. The minimum atomic E-state index is -4.56. The van der Waals surface area contributed by atoms with Gasteiger partial charge < -0.3 is 20.6 Å². The number of carboxylic acids is 1. The Morgan fingerprint density at radius 2 is 1.85 bits per heavy atom. The molecular weight excluding hydrogens is 515 g/mol. The molecule has 2 aromatic carbocycles. The highest BCUT2D eigenvalue weighted by atomic mass is 19.4. The Hall–Kier alpha value is -4.15. The molecule has 3 N–H and O–H groups in total. The number of hydrogen-bond donors (Lipinski definition) is 3. The fraction of sp³-hybridized carbons (Fsp3) is 0.357. The zero-order chi connectivity index (χ0) is 28.3. The lowest BCUT2D eigenvalue weighted by atomic mass is 9.70. The predicted molar refractivity (Wildman–Crippen MR) is 134 cm³/mol. The Balaban J connectivity index is 1.56. The molecule has 2 fully saturated rings. The normalized spacial score (nSPS) is 23.8. The molecule has 0 aliphatic carbocycles. The van der Waals surface area contributed by atoms with Crippen LogP contribution in [0.3, 0.4) is 0 Å². The molecule has 0 aromatic heterocycles. The van der Waals surface area contributed by atoms with E-state index in [1.165, 1.54) is 12.1 Å². The number of β-lactam (4-membered cyclic amide) rings is 1. The molecule has 2 aliphatic rings. The van der Waals surface area contributed by atoms with Crippen LogP contribution in [0.4, 0.5) is 13.2 Å². The summed E-state index contributed by atoms with van der Waals surface area (Å²) >= 11 is 0. The van der Waals surface area contributed by atoms with Crippen LogP contribution in [-0.2, 0) is 31.9 Å². The fourth-order valence-electron chi connectivity index (χ4n) is 5.42. The van der Waals surface area contributed by atoms with E-state index in [9.17, 15) is 37.5 Å². The molecule has 0 saturated carbocycles. The van der Waals surface area contributed by atoms with Gasteiger partial charge in [-0.05, 0) is 30.2 Å². The Labute approximate surface area is 222 Å². The zero-order valence-corrected chi connectivity index (χ0v) is 21.0. The molecule has 4 rings (SSSR count). The number of carbonyl (C=O) groups is 4. The van der Waals surface area contributed by atoms with Crippen LogP contribution < -0.4 is 10.6 Å². The van der Waals surface area contributed by atoms with Gasteiger partial charge in [0.25, 0.3) is 0 Å². The number of rotatable bonds is 9. The summed E-state index contributed by atoms with van der Waals surface area (Å²) in [6.45, 7) is 1.76. The van der Waals surface area contributed by atoms with Crippen molar-refractivity contribution in [2.75, 3.05) is 6.54 Å². The van der Waals surface area contributed by atoms with Crippen molar-refractivity contribution in [1.82, 2.24) is 15.5 Å². The van der Waals surface area contributed by atoms with E-state index in [2.05, 4.69) is 10.6 Å². The third-order valence-electron chi connectivity index (χ3n) is 7.19.